The van der Waals surface area contributed by atoms with Crippen molar-refractivity contribution in [2.75, 3.05) is 0 Å². The molecule has 0 fully saturated rings. The molecule has 2 aromatic rings. The molecule has 0 amide bonds. The topological polar surface area (TPSA) is 0 Å². The molecule has 16 heavy (non-hydrogen) atoms. The molecule has 0 spiro atoms. The summed E-state index contributed by atoms with van der Waals surface area (Å²) < 4.78 is 27.1. The van der Waals surface area contributed by atoms with E-state index in [-0.39, 0.29) is 34.7 Å². The maximum absolute atomic E-state index is 12.6. The molecule has 0 radical (unpaired) electrons. The van der Waals surface area contributed by atoms with E-state index in [1.807, 2.05) is 0 Å². The van der Waals surface area contributed by atoms with Crippen LogP contribution >= 0.6 is 0 Å². The first-order valence-corrected chi connectivity index (χ1v) is 5.26. The van der Waals surface area contributed by atoms with Crippen LogP contribution in [0.4, 0.5) is 8.78 Å². The van der Waals surface area contributed by atoms with Gasteiger partial charge in [0.15, 0.2) is 0 Å². The SMILES string of the molecule is Fc1cc[c]([Cu-2][c]2ccc(F)cc2)cc1.[Mg+2]. The van der Waals surface area contributed by atoms with E-state index in [1.165, 1.54) is 24.3 Å². The van der Waals surface area contributed by atoms with E-state index < -0.39 is 0 Å². The van der Waals surface area contributed by atoms with Gasteiger partial charge in [0.2, 0.25) is 0 Å². The maximum Gasteiger partial charge on any atom is 2.00 e. The first kappa shape index (κ1) is 13.6. The molecule has 0 nitrogen and oxygen atoms in total. The molecule has 0 aliphatic rings. The second-order valence-electron chi connectivity index (χ2n) is 2.86. The Hall–Kier alpha value is -0.414. The minimum absolute atomic E-state index is 0. The summed E-state index contributed by atoms with van der Waals surface area (Å²) in [6, 6.07) is 12.4. The fourth-order valence-corrected chi connectivity index (χ4v) is 1.98. The zero-order valence-electron chi connectivity index (χ0n) is 8.38. The van der Waals surface area contributed by atoms with Crippen LogP contribution in [0.5, 0.6) is 0 Å². The summed E-state index contributed by atoms with van der Waals surface area (Å²) in [5, 5.41) is 0. The van der Waals surface area contributed by atoms with Crippen LogP contribution in [-0.2, 0) is 15.0 Å². The summed E-state index contributed by atoms with van der Waals surface area (Å²) in [5.41, 5.74) is 0. The zero-order chi connectivity index (χ0) is 10.7. The summed E-state index contributed by atoms with van der Waals surface area (Å²) in [6.07, 6.45) is 0. The summed E-state index contributed by atoms with van der Waals surface area (Å²) in [6.45, 7) is 0. The fourth-order valence-electron chi connectivity index (χ4n) is 1.03. The Balaban J connectivity index is 0.00000128. The summed E-state index contributed by atoms with van der Waals surface area (Å²) >= 11 is 1.57. The van der Waals surface area contributed by atoms with Gasteiger partial charge in [-0.3, -0.25) is 0 Å². The van der Waals surface area contributed by atoms with Gasteiger partial charge in [-0.15, -0.1) is 0 Å². The van der Waals surface area contributed by atoms with Crippen LogP contribution in [0.1, 0.15) is 0 Å². The van der Waals surface area contributed by atoms with Gasteiger partial charge in [-0.05, 0) is 0 Å². The average Bonchev–Trinajstić information content (AvgIpc) is 2.25. The van der Waals surface area contributed by atoms with Crippen LogP contribution in [0.3, 0.4) is 0 Å². The largest absolute Gasteiger partial charge is 2.00 e. The van der Waals surface area contributed by atoms with E-state index in [1.54, 1.807) is 39.2 Å². The first-order chi connectivity index (χ1) is 7.24. The molecule has 0 bridgehead atoms. The number of halogens is 2. The molecule has 4 heteroatoms. The Morgan fingerprint density at radius 2 is 0.938 bits per heavy atom. The van der Waals surface area contributed by atoms with Crippen molar-refractivity contribution < 1.29 is 23.7 Å². The van der Waals surface area contributed by atoms with E-state index >= 15 is 0 Å². The van der Waals surface area contributed by atoms with Gasteiger partial charge >= 0.3 is 116 Å². The molecule has 0 saturated heterocycles. The second-order valence-corrected chi connectivity index (χ2v) is 4.18. The summed E-state index contributed by atoms with van der Waals surface area (Å²) in [7, 11) is 0. The molecule has 0 unspecified atom stereocenters. The standard InChI is InChI=1S/2C6H4F.Cu.Mg/c2*7-6-4-2-1-3-5-6;;/h2*2-5H;;/q;;-2;+2. The maximum atomic E-state index is 12.6. The van der Waals surface area contributed by atoms with Gasteiger partial charge in [0.1, 0.15) is 0 Å². The van der Waals surface area contributed by atoms with Gasteiger partial charge in [-0.2, -0.15) is 0 Å². The monoisotopic (exact) mass is 277 g/mol. The number of hydrogen-bond donors (Lipinski definition) is 0. The van der Waals surface area contributed by atoms with Crippen molar-refractivity contribution in [3.8, 4) is 0 Å². The smallest absolute Gasteiger partial charge is 2.00 e. The Bertz CT molecular complexity index is 396. The molecule has 0 aromatic heterocycles. The zero-order valence-corrected chi connectivity index (χ0v) is 10.7. The Morgan fingerprint density at radius 3 is 1.25 bits per heavy atom. The third-order valence-corrected chi connectivity index (χ3v) is 2.90. The van der Waals surface area contributed by atoms with Crippen LogP contribution in [0, 0.1) is 11.6 Å². The molecule has 0 saturated carbocycles. The van der Waals surface area contributed by atoms with Crippen LogP contribution in [0.25, 0.3) is 0 Å². The van der Waals surface area contributed by atoms with E-state index in [9.17, 15) is 8.78 Å². The molecule has 0 N–H and O–H groups in total. The number of rotatable bonds is 2. The predicted octanol–water partition coefficient (Wildman–Crippen LogP) is 1.62. The Morgan fingerprint density at radius 1 is 0.625 bits per heavy atom. The van der Waals surface area contributed by atoms with E-state index in [0.29, 0.717) is 0 Å². The molecular formula is C12H8CuF2Mg. The molecule has 0 heterocycles. The molecule has 2 aromatic carbocycles. The number of benzene rings is 2. The minimum Gasteiger partial charge on any atom is 2.00 e. The van der Waals surface area contributed by atoms with Gasteiger partial charge in [0, 0.05) is 0 Å². The average molecular weight is 278 g/mol. The number of hydrogen-bond acceptors (Lipinski definition) is 0. The van der Waals surface area contributed by atoms with Crippen LogP contribution in [0.15, 0.2) is 48.5 Å². The molecule has 0 aliphatic carbocycles. The molecule has 0 aliphatic heterocycles. The van der Waals surface area contributed by atoms with Crippen LogP contribution in [-0.4, -0.2) is 23.1 Å². The first-order valence-electron chi connectivity index (χ1n) is 4.32. The molecule has 0 atom stereocenters. The predicted molar refractivity (Wildman–Crippen MR) is 57.8 cm³/mol. The second kappa shape index (κ2) is 6.35. The van der Waals surface area contributed by atoms with Crippen LogP contribution in [0.2, 0.25) is 0 Å². The fraction of sp³-hybridized carbons (Fsp3) is 0. The third-order valence-electron chi connectivity index (χ3n) is 1.73. The van der Waals surface area contributed by atoms with E-state index in [2.05, 4.69) is 0 Å². The van der Waals surface area contributed by atoms with Crippen molar-refractivity contribution in [3.05, 3.63) is 60.2 Å². The van der Waals surface area contributed by atoms with Gasteiger partial charge in [-0.1, -0.05) is 0 Å². The van der Waals surface area contributed by atoms with Crippen molar-refractivity contribution in [3.63, 3.8) is 0 Å². The Kier molecular flexibility index (Phi) is 5.42. The quantitative estimate of drug-likeness (QED) is 0.732. The van der Waals surface area contributed by atoms with Crippen molar-refractivity contribution in [2.24, 2.45) is 0 Å². The van der Waals surface area contributed by atoms with Crippen LogP contribution < -0.4 is 8.92 Å². The van der Waals surface area contributed by atoms with Gasteiger partial charge in [0.25, 0.3) is 0 Å². The van der Waals surface area contributed by atoms with E-state index in [4.69, 9.17) is 0 Å². The Labute approximate surface area is 115 Å². The van der Waals surface area contributed by atoms with Crippen molar-refractivity contribution in [1.29, 1.82) is 0 Å². The summed E-state index contributed by atoms with van der Waals surface area (Å²) in [5.74, 6) is -0.506. The third kappa shape index (κ3) is 3.87. The molecule has 2 rings (SSSR count). The molecule has 83 valence electrons. The van der Waals surface area contributed by atoms with Crippen molar-refractivity contribution in [2.45, 2.75) is 0 Å². The minimum atomic E-state index is -0.253. The van der Waals surface area contributed by atoms with Gasteiger partial charge in [-0.25, -0.2) is 0 Å². The summed E-state index contributed by atoms with van der Waals surface area (Å²) in [4.78, 5) is 0. The van der Waals surface area contributed by atoms with Gasteiger partial charge in [0.05, 0.1) is 0 Å². The molecular weight excluding hydrogens is 270 g/mol. The van der Waals surface area contributed by atoms with Crippen molar-refractivity contribution in [1.82, 2.24) is 0 Å². The van der Waals surface area contributed by atoms with Crippen molar-refractivity contribution >= 4 is 32.0 Å². The van der Waals surface area contributed by atoms with Gasteiger partial charge < -0.3 is 0 Å². The van der Waals surface area contributed by atoms with E-state index in [0.717, 1.165) is 8.92 Å². The normalized spacial score (nSPS) is 9.88.